The minimum atomic E-state index is -1.33. The van der Waals surface area contributed by atoms with Crippen LogP contribution in [0.2, 0.25) is 5.02 Å². The van der Waals surface area contributed by atoms with Crippen molar-refractivity contribution in [1.29, 1.82) is 0 Å². The summed E-state index contributed by atoms with van der Waals surface area (Å²) in [5.41, 5.74) is 5.80. The van der Waals surface area contributed by atoms with Gasteiger partial charge in [0, 0.05) is 11.1 Å². The topological polar surface area (TPSA) is 138 Å². The van der Waals surface area contributed by atoms with Crippen LogP contribution in [0, 0.1) is 22.0 Å². The summed E-state index contributed by atoms with van der Waals surface area (Å²) in [6, 6.07) is 4.88. The van der Waals surface area contributed by atoms with E-state index in [1.54, 1.807) is 12.1 Å². The second kappa shape index (κ2) is 11.1. The minimum Gasteiger partial charge on any atom is -0.761 e. The maximum atomic E-state index is 13.4. The van der Waals surface area contributed by atoms with Crippen LogP contribution in [-0.2, 0) is 0 Å². The van der Waals surface area contributed by atoms with Crippen LogP contribution in [0.1, 0.15) is 6.42 Å². The zero-order valence-corrected chi connectivity index (χ0v) is 16.8. The first-order valence-corrected chi connectivity index (χ1v) is 9.20. The van der Waals surface area contributed by atoms with Crippen LogP contribution in [0.25, 0.3) is 0 Å². The molecule has 0 saturated heterocycles. The van der Waals surface area contributed by atoms with Crippen LogP contribution in [0.3, 0.4) is 0 Å². The van der Waals surface area contributed by atoms with Gasteiger partial charge in [-0.25, -0.2) is 13.6 Å². The van der Waals surface area contributed by atoms with Crippen molar-refractivity contribution in [3.8, 4) is 5.75 Å². The molecule has 0 saturated carbocycles. The number of carbonyl (C=O) groups excluding carboxylic acids is 1. The molecular weight excluding hydrogens is 436 g/mol. The summed E-state index contributed by atoms with van der Waals surface area (Å²) in [5, 5.41) is 28.2. The molecule has 9 nitrogen and oxygen atoms in total. The molecule has 12 heteroatoms. The summed E-state index contributed by atoms with van der Waals surface area (Å²) < 4.78 is 32.2. The van der Waals surface area contributed by atoms with Gasteiger partial charge in [0.05, 0.1) is 18.4 Å². The molecule has 0 aliphatic heterocycles. The number of benzene rings is 2. The zero-order valence-electron chi connectivity index (χ0n) is 16.1. The Balaban J connectivity index is 2.10. The van der Waals surface area contributed by atoms with Crippen molar-refractivity contribution in [2.24, 2.45) is 5.73 Å². The van der Waals surface area contributed by atoms with Gasteiger partial charge in [0.2, 0.25) is 11.9 Å². The summed E-state index contributed by atoms with van der Waals surface area (Å²) in [7, 11) is 0. The normalized spacial score (nSPS) is 11.1. The van der Waals surface area contributed by atoms with Crippen molar-refractivity contribution in [1.82, 2.24) is 5.32 Å². The lowest BCUT2D eigenvalue weighted by Crippen LogP contribution is -2.29. The second-order valence-electron chi connectivity index (χ2n) is 6.08. The molecule has 0 spiro atoms. The Morgan fingerprint density at radius 2 is 1.97 bits per heavy atom. The molecule has 0 fully saturated rings. The number of urea groups is 1. The molecule has 0 atom stereocenters. The highest BCUT2D eigenvalue weighted by Crippen LogP contribution is 2.28. The number of nitrogens with one attached hydrogen (secondary N) is 3. The molecule has 0 heterocycles. The molecule has 0 aliphatic carbocycles. The lowest BCUT2D eigenvalue weighted by atomic mass is 10.2. The smallest absolute Gasteiger partial charge is 0.323 e. The largest absolute Gasteiger partial charge is 0.761 e. The van der Waals surface area contributed by atoms with E-state index in [-0.39, 0.29) is 16.1 Å². The molecule has 0 radical (unpaired) electrons. The maximum Gasteiger partial charge on any atom is 0.323 e. The van der Waals surface area contributed by atoms with Gasteiger partial charge in [-0.05, 0) is 31.2 Å². The van der Waals surface area contributed by atoms with E-state index < -0.39 is 29.0 Å². The van der Waals surface area contributed by atoms with E-state index in [1.165, 1.54) is 11.5 Å². The number of halogens is 3. The third kappa shape index (κ3) is 6.81. The predicted molar refractivity (Wildman–Crippen MR) is 115 cm³/mol. The monoisotopic (exact) mass is 454 g/mol. The van der Waals surface area contributed by atoms with Gasteiger partial charge in [0.25, 0.3) is 0 Å². The van der Waals surface area contributed by atoms with Crippen LogP contribution >= 0.6 is 11.6 Å². The van der Waals surface area contributed by atoms with Gasteiger partial charge in [0.1, 0.15) is 17.1 Å². The number of amides is 2. The molecule has 0 unspecified atom stereocenters. The number of rotatable bonds is 9. The lowest BCUT2D eigenvalue weighted by molar-refractivity contribution is -0.353. The maximum absolute atomic E-state index is 13.4. The van der Waals surface area contributed by atoms with Gasteiger partial charge < -0.3 is 37.0 Å². The van der Waals surface area contributed by atoms with E-state index >= 15 is 0 Å². The van der Waals surface area contributed by atoms with Crippen molar-refractivity contribution in [3.63, 3.8) is 0 Å². The fraction of sp³-hybridized carbons (Fsp3) is 0.158. The number of allylic oxidation sites excluding steroid dienone is 1. The molecule has 166 valence electrons. The molecule has 2 aromatic rings. The molecule has 0 aliphatic rings. The van der Waals surface area contributed by atoms with Crippen molar-refractivity contribution in [2.75, 3.05) is 23.9 Å². The molecule has 0 aromatic heterocycles. The third-order valence-electron chi connectivity index (χ3n) is 3.73. The minimum absolute atomic E-state index is 0.0477. The number of carbonyl (C=O) groups is 1. The highest BCUT2D eigenvalue weighted by Gasteiger charge is 2.15. The Morgan fingerprint density at radius 3 is 2.65 bits per heavy atom. The first-order valence-electron chi connectivity index (χ1n) is 8.83. The van der Waals surface area contributed by atoms with Crippen LogP contribution in [0.5, 0.6) is 5.75 Å². The third-order valence-corrected chi connectivity index (χ3v) is 3.96. The van der Waals surface area contributed by atoms with Crippen molar-refractivity contribution >= 4 is 40.9 Å². The summed E-state index contributed by atoms with van der Waals surface area (Å²) in [4.78, 5) is 12.2. The van der Waals surface area contributed by atoms with Gasteiger partial charge >= 0.3 is 6.03 Å². The van der Waals surface area contributed by atoms with Gasteiger partial charge in [0.15, 0.2) is 11.6 Å². The van der Waals surface area contributed by atoms with Crippen LogP contribution in [0.15, 0.2) is 42.6 Å². The van der Waals surface area contributed by atoms with Gasteiger partial charge in [-0.2, -0.15) is 4.74 Å². The molecule has 2 amide bonds. The van der Waals surface area contributed by atoms with E-state index in [2.05, 4.69) is 17.2 Å². The average Bonchev–Trinajstić information content (AvgIpc) is 2.71. The number of nitrogens with zero attached hydrogens (tertiary/aromatic N) is 1. The van der Waals surface area contributed by atoms with Gasteiger partial charge in [-0.3, -0.25) is 0 Å². The number of ether oxygens (including phenoxy) is 1. The molecule has 5 N–H and O–H groups in total. The fourth-order valence-corrected chi connectivity index (χ4v) is 2.51. The summed E-state index contributed by atoms with van der Waals surface area (Å²) in [5.74, 6) is -2.29. The molecule has 31 heavy (non-hydrogen) atoms. The van der Waals surface area contributed by atoms with Crippen molar-refractivity contribution in [2.45, 2.75) is 6.42 Å². The van der Waals surface area contributed by atoms with E-state index in [1.807, 2.05) is 0 Å². The zero-order chi connectivity index (χ0) is 23.0. The Kier molecular flexibility index (Phi) is 8.55. The summed E-state index contributed by atoms with van der Waals surface area (Å²) >= 11 is 5.95. The Bertz CT molecular complexity index is 1000. The van der Waals surface area contributed by atoms with Crippen molar-refractivity contribution in [3.05, 3.63) is 69.7 Å². The van der Waals surface area contributed by atoms with Crippen LogP contribution < -0.4 is 26.6 Å². The van der Waals surface area contributed by atoms with Crippen LogP contribution in [0.4, 0.5) is 30.6 Å². The van der Waals surface area contributed by atoms with Crippen molar-refractivity contribution < 1.29 is 23.1 Å². The summed E-state index contributed by atoms with van der Waals surface area (Å²) in [6.07, 6.45) is 1.37. The molecular formula is C19H19ClF2N5O4-. The first-order chi connectivity index (χ1) is 14.7. The number of hydrogen-bond donors (Lipinski definition) is 4. The molecule has 0 bridgehead atoms. The standard InChI is InChI=1S/C19H19ClF2N5O4/c1-11(10-27(30)17-9-14(22)13(21)8-15(17)26-29)24-19(28)25-16-7-12(20)3-4-18(16)31-6-2-5-23/h3-4,7-10,26H,1-2,5-6,23H2,(H2,24,25,28)/q-1/b27-10+. The van der Waals surface area contributed by atoms with E-state index in [9.17, 15) is 24.0 Å². The quantitative estimate of drug-likeness (QED) is 0.149. The second-order valence-corrected chi connectivity index (χ2v) is 6.51. The highest BCUT2D eigenvalue weighted by atomic mass is 35.5. The summed E-state index contributed by atoms with van der Waals surface area (Å²) in [6.45, 7) is 4.25. The Hall–Kier alpha value is -3.41. The number of hydrogen-bond acceptors (Lipinski definition) is 6. The van der Waals surface area contributed by atoms with Crippen LogP contribution in [-0.4, -0.2) is 30.1 Å². The van der Waals surface area contributed by atoms with Gasteiger partial charge in [-0.15, -0.1) is 0 Å². The lowest BCUT2D eigenvalue weighted by Gasteiger charge is -2.15. The van der Waals surface area contributed by atoms with E-state index in [4.69, 9.17) is 22.1 Å². The van der Waals surface area contributed by atoms with Gasteiger partial charge in [-0.1, -0.05) is 18.2 Å². The average molecular weight is 455 g/mol. The molecule has 2 aromatic carbocycles. The SMILES string of the molecule is C=C(/C=[N+](/[O-])c1cc(F)c(F)cc1N[O-])NC(=O)Nc1cc(Cl)ccc1OCCCN. The first kappa shape index (κ1) is 23.9. The van der Waals surface area contributed by atoms with E-state index in [0.29, 0.717) is 42.5 Å². The Morgan fingerprint density at radius 1 is 1.26 bits per heavy atom. The fourth-order valence-electron chi connectivity index (χ4n) is 2.33. The number of nitrogens with two attached hydrogens (primary N) is 1. The predicted octanol–water partition coefficient (Wildman–Crippen LogP) is 3.80. The highest BCUT2D eigenvalue weighted by molar-refractivity contribution is 6.31. The van der Waals surface area contributed by atoms with E-state index in [0.717, 1.165) is 6.21 Å². The Labute approximate surface area is 181 Å². The number of anilines is 2. The molecule has 2 rings (SSSR count).